The Labute approximate surface area is 125 Å². The largest absolute Gasteiger partial charge is 0.516 e. The third kappa shape index (κ3) is 2.44. The summed E-state index contributed by atoms with van der Waals surface area (Å²) in [6.07, 6.45) is 4.67. The summed E-state index contributed by atoms with van der Waals surface area (Å²) in [4.78, 5) is 22.2. The maximum Gasteiger partial charge on any atom is 0.516 e. The molecule has 112 valence electrons. The monoisotopic (exact) mass is 289 g/mol. The van der Waals surface area contributed by atoms with Crippen LogP contribution in [-0.4, -0.2) is 40.7 Å². The van der Waals surface area contributed by atoms with Crippen LogP contribution in [0.2, 0.25) is 0 Å². The van der Waals surface area contributed by atoms with Gasteiger partial charge < -0.3 is 9.31 Å². The molecule has 0 spiro atoms. The van der Waals surface area contributed by atoms with Crippen LogP contribution in [0.25, 0.3) is 0 Å². The van der Waals surface area contributed by atoms with Gasteiger partial charge in [0, 0.05) is 19.2 Å². The van der Waals surface area contributed by atoms with Gasteiger partial charge in [-0.1, -0.05) is 0 Å². The molecule has 0 atom stereocenters. The lowest BCUT2D eigenvalue weighted by atomic mass is 9.85. The van der Waals surface area contributed by atoms with E-state index in [1.165, 1.54) is 0 Å². The van der Waals surface area contributed by atoms with E-state index in [1.54, 1.807) is 17.3 Å². The van der Waals surface area contributed by atoms with Crippen LogP contribution in [0.1, 0.15) is 40.5 Å². The summed E-state index contributed by atoms with van der Waals surface area (Å²) in [5.74, 6) is 0.667. The third-order valence-corrected chi connectivity index (χ3v) is 4.49. The highest BCUT2D eigenvalue weighted by molar-refractivity contribution is 6.61. The van der Waals surface area contributed by atoms with Gasteiger partial charge in [0.25, 0.3) is 0 Å². The number of hydrogen-bond acceptors (Lipinski definition) is 5. The lowest BCUT2D eigenvalue weighted by molar-refractivity contribution is -0.117. The number of hydrogen-bond donors (Lipinski definition) is 0. The zero-order chi connectivity index (χ0) is 15.3. The second-order valence-corrected chi connectivity index (χ2v) is 6.54. The topological polar surface area (TPSA) is 64.5 Å². The molecule has 6 nitrogen and oxygen atoms in total. The Balaban J connectivity index is 1.86. The van der Waals surface area contributed by atoms with E-state index < -0.39 is 18.3 Å². The number of aromatic nitrogens is 2. The van der Waals surface area contributed by atoms with Crippen LogP contribution >= 0.6 is 0 Å². The van der Waals surface area contributed by atoms with Gasteiger partial charge in [-0.15, -0.1) is 0 Å². The van der Waals surface area contributed by atoms with Crippen molar-refractivity contribution in [2.75, 3.05) is 11.4 Å². The summed E-state index contributed by atoms with van der Waals surface area (Å²) in [5, 5.41) is 0. The molecule has 1 amide bonds. The second-order valence-electron chi connectivity index (χ2n) is 6.54. The van der Waals surface area contributed by atoms with Crippen molar-refractivity contribution in [1.29, 1.82) is 0 Å². The Morgan fingerprint density at radius 1 is 1.19 bits per heavy atom. The number of carbonyl (C=O) groups is 1. The maximum atomic E-state index is 11.8. The fourth-order valence-corrected chi connectivity index (χ4v) is 2.47. The van der Waals surface area contributed by atoms with E-state index in [-0.39, 0.29) is 5.91 Å². The molecule has 0 radical (unpaired) electrons. The quantitative estimate of drug-likeness (QED) is 0.757. The predicted molar refractivity (Wildman–Crippen MR) is 79.3 cm³/mol. The third-order valence-electron chi connectivity index (χ3n) is 4.49. The normalized spacial score (nSPS) is 23.9. The number of amides is 1. The van der Waals surface area contributed by atoms with Crippen molar-refractivity contribution >= 4 is 24.4 Å². The lowest BCUT2D eigenvalue weighted by Gasteiger charge is -2.32. The van der Waals surface area contributed by atoms with E-state index in [0.717, 1.165) is 6.42 Å². The van der Waals surface area contributed by atoms with Crippen molar-refractivity contribution in [2.45, 2.75) is 51.7 Å². The van der Waals surface area contributed by atoms with E-state index in [1.807, 2.05) is 27.7 Å². The zero-order valence-electron chi connectivity index (χ0n) is 12.9. The van der Waals surface area contributed by atoms with Crippen LogP contribution in [0, 0.1) is 0 Å². The average Bonchev–Trinajstić information content (AvgIpc) is 2.92. The Morgan fingerprint density at radius 2 is 1.86 bits per heavy atom. The number of nitrogens with zero attached hydrogens (tertiary/aromatic N) is 3. The summed E-state index contributed by atoms with van der Waals surface area (Å²) in [5.41, 5.74) is -0.233. The molecule has 2 fully saturated rings. The van der Waals surface area contributed by atoms with Gasteiger partial charge in [0.15, 0.2) is 5.82 Å². The molecule has 1 aromatic rings. The van der Waals surface area contributed by atoms with Crippen molar-refractivity contribution in [3.63, 3.8) is 0 Å². The molecule has 2 saturated heterocycles. The lowest BCUT2D eigenvalue weighted by Crippen LogP contribution is -2.41. The molecule has 1 aromatic heterocycles. The Bertz CT molecular complexity index is 560. The van der Waals surface area contributed by atoms with Crippen LogP contribution in [0.15, 0.2) is 12.4 Å². The van der Waals surface area contributed by atoms with Gasteiger partial charge in [-0.25, -0.2) is 4.98 Å². The van der Waals surface area contributed by atoms with Crippen LogP contribution in [0.4, 0.5) is 5.82 Å². The first-order chi connectivity index (χ1) is 9.80. The van der Waals surface area contributed by atoms with Crippen molar-refractivity contribution in [1.82, 2.24) is 9.97 Å². The Morgan fingerprint density at radius 3 is 2.43 bits per heavy atom. The van der Waals surface area contributed by atoms with E-state index in [0.29, 0.717) is 24.4 Å². The number of carbonyl (C=O) groups excluding carboxylic acids is 1. The summed E-state index contributed by atoms with van der Waals surface area (Å²) in [7, 11) is -0.555. The standard InChI is InChI=1S/C14H20BN3O3/c1-13(2)14(3,4)21-15(20-13)10-8-16-9-11(17-10)18-7-5-6-12(18)19/h8-9H,5-7H2,1-4H3. The van der Waals surface area contributed by atoms with Crippen LogP contribution in [-0.2, 0) is 14.1 Å². The molecule has 2 aliphatic rings. The van der Waals surface area contributed by atoms with Crippen molar-refractivity contribution in [2.24, 2.45) is 0 Å². The maximum absolute atomic E-state index is 11.8. The van der Waals surface area contributed by atoms with Gasteiger partial charge >= 0.3 is 7.12 Å². The molecule has 0 saturated carbocycles. The Hall–Kier alpha value is -1.47. The minimum absolute atomic E-state index is 0.0929. The highest BCUT2D eigenvalue weighted by atomic mass is 16.7. The minimum atomic E-state index is -0.555. The highest BCUT2D eigenvalue weighted by Crippen LogP contribution is 2.36. The molecule has 0 aliphatic carbocycles. The summed E-state index contributed by atoms with van der Waals surface area (Å²) in [6, 6.07) is 0. The molecule has 0 N–H and O–H groups in total. The van der Waals surface area contributed by atoms with E-state index >= 15 is 0 Å². The minimum Gasteiger partial charge on any atom is -0.398 e. The zero-order valence-corrected chi connectivity index (χ0v) is 12.9. The van der Waals surface area contributed by atoms with Crippen LogP contribution in [0.5, 0.6) is 0 Å². The molecule has 0 unspecified atom stereocenters. The first-order valence-electron chi connectivity index (χ1n) is 7.28. The SMILES string of the molecule is CC1(C)OB(c2cncc(N3CCCC3=O)n2)OC1(C)C. The van der Waals surface area contributed by atoms with E-state index in [4.69, 9.17) is 9.31 Å². The summed E-state index contributed by atoms with van der Waals surface area (Å²) in [6.45, 7) is 8.67. The van der Waals surface area contributed by atoms with Gasteiger partial charge in [0.1, 0.15) is 0 Å². The average molecular weight is 289 g/mol. The highest BCUT2D eigenvalue weighted by Gasteiger charge is 2.52. The van der Waals surface area contributed by atoms with Gasteiger partial charge in [0.2, 0.25) is 5.91 Å². The van der Waals surface area contributed by atoms with Crippen molar-refractivity contribution < 1.29 is 14.1 Å². The molecular formula is C14H20BN3O3. The predicted octanol–water partition coefficient (Wildman–Crippen LogP) is 0.903. The molecule has 2 aliphatic heterocycles. The van der Waals surface area contributed by atoms with Gasteiger partial charge in [-0.05, 0) is 34.1 Å². The van der Waals surface area contributed by atoms with Crippen molar-refractivity contribution in [3.8, 4) is 0 Å². The molecule has 3 rings (SSSR count). The fraction of sp³-hybridized carbons (Fsp3) is 0.643. The molecule has 0 aromatic carbocycles. The summed E-state index contributed by atoms with van der Waals surface area (Å²) < 4.78 is 11.9. The molecule has 3 heterocycles. The number of rotatable bonds is 2. The molecule has 0 bridgehead atoms. The molecular weight excluding hydrogens is 269 g/mol. The van der Waals surface area contributed by atoms with E-state index in [2.05, 4.69) is 9.97 Å². The Kier molecular flexibility index (Phi) is 3.29. The smallest absolute Gasteiger partial charge is 0.398 e. The number of anilines is 1. The van der Waals surface area contributed by atoms with Crippen LogP contribution < -0.4 is 10.5 Å². The molecule has 21 heavy (non-hydrogen) atoms. The summed E-state index contributed by atoms with van der Waals surface area (Å²) >= 11 is 0. The van der Waals surface area contributed by atoms with Gasteiger partial charge in [-0.3, -0.25) is 14.7 Å². The molecule has 7 heteroatoms. The van der Waals surface area contributed by atoms with Gasteiger partial charge in [-0.2, -0.15) is 0 Å². The van der Waals surface area contributed by atoms with Crippen LogP contribution in [0.3, 0.4) is 0 Å². The van der Waals surface area contributed by atoms with Crippen molar-refractivity contribution in [3.05, 3.63) is 12.4 Å². The fourth-order valence-electron chi connectivity index (χ4n) is 2.47. The van der Waals surface area contributed by atoms with E-state index in [9.17, 15) is 4.79 Å². The first-order valence-corrected chi connectivity index (χ1v) is 7.28. The second kappa shape index (κ2) is 4.78. The first kappa shape index (κ1) is 14.5. The van der Waals surface area contributed by atoms with Gasteiger partial charge in [0.05, 0.1) is 23.0 Å².